The Labute approximate surface area is 146 Å². The number of hydrogen-bond acceptors (Lipinski definition) is 5. The summed E-state index contributed by atoms with van der Waals surface area (Å²) in [7, 11) is 0. The summed E-state index contributed by atoms with van der Waals surface area (Å²) >= 11 is 0. The van der Waals surface area contributed by atoms with E-state index in [1.165, 1.54) is 19.0 Å². The second-order valence-corrected chi connectivity index (χ2v) is 6.99. The maximum Gasteiger partial charge on any atom is 0.255 e. The number of aromatic nitrogens is 2. The lowest BCUT2D eigenvalue weighted by atomic mass is 9.86. The fourth-order valence-electron chi connectivity index (χ4n) is 4.02. The Balaban J connectivity index is 1.63. The summed E-state index contributed by atoms with van der Waals surface area (Å²) in [5.41, 5.74) is 7.50. The average molecular weight is 338 g/mol. The van der Waals surface area contributed by atoms with Crippen LogP contribution in [-0.4, -0.2) is 21.5 Å². The first-order chi connectivity index (χ1) is 12.1. The molecule has 0 saturated heterocycles. The average Bonchev–Trinajstić information content (AvgIpc) is 3.02. The molecule has 4 rings (SSSR count). The third-order valence-electron chi connectivity index (χ3n) is 5.26. The molecule has 2 heterocycles. The van der Waals surface area contributed by atoms with Gasteiger partial charge in [0.05, 0.1) is 17.3 Å². The summed E-state index contributed by atoms with van der Waals surface area (Å²) in [6, 6.07) is 7.89. The first kappa shape index (κ1) is 15.9. The number of hydrogen-bond donors (Lipinski definition) is 2. The molecule has 2 aliphatic rings. The van der Waals surface area contributed by atoms with Gasteiger partial charge in [0.15, 0.2) is 0 Å². The topological polar surface area (TPSA) is 90.1 Å². The molecule has 1 aromatic heterocycles. The van der Waals surface area contributed by atoms with E-state index in [0.717, 1.165) is 30.6 Å². The van der Waals surface area contributed by atoms with E-state index in [1.807, 2.05) is 24.3 Å². The highest BCUT2D eigenvalue weighted by Crippen LogP contribution is 2.47. The number of benzene rings is 1. The van der Waals surface area contributed by atoms with Crippen LogP contribution in [0.3, 0.4) is 0 Å². The third kappa shape index (κ3) is 2.92. The van der Waals surface area contributed by atoms with Crippen LogP contribution >= 0.6 is 0 Å². The number of rotatable bonds is 2. The van der Waals surface area contributed by atoms with Gasteiger partial charge in [-0.15, -0.1) is 0 Å². The van der Waals surface area contributed by atoms with E-state index in [2.05, 4.69) is 15.3 Å². The van der Waals surface area contributed by atoms with Gasteiger partial charge in [-0.25, -0.2) is 9.97 Å². The van der Waals surface area contributed by atoms with Crippen molar-refractivity contribution in [2.45, 2.75) is 50.7 Å². The molecule has 1 atom stereocenters. The number of fused-ring (bicyclic) bond motifs is 1. The van der Waals surface area contributed by atoms with Gasteiger partial charge in [0.25, 0.3) is 5.91 Å². The van der Waals surface area contributed by atoms with Crippen molar-refractivity contribution in [3.8, 4) is 5.75 Å². The lowest BCUT2D eigenvalue weighted by Crippen LogP contribution is -2.43. The molecule has 1 saturated carbocycles. The van der Waals surface area contributed by atoms with Crippen LogP contribution in [0.25, 0.3) is 0 Å². The van der Waals surface area contributed by atoms with E-state index in [1.54, 1.807) is 6.92 Å². The van der Waals surface area contributed by atoms with Gasteiger partial charge < -0.3 is 15.8 Å². The van der Waals surface area contributed by atoms with Gasteiger partial charge in [-0.05, 0) is 38.7 Å². The second kappa shape index (κ2) is 6.02. The van der Waals surface area contributed by atoms with Crippen molar-refractivity contribution in [3.63, 3.8) is 0 Å². The van der Waals surface area contributed by atoms with Crippen molar-refractivity contribution in [3.05, 3.63) is 47.3 Å². The smallest absolute Gasteiger partial charge is 0.255 e. The van der Waals surface area contributed by atoms with Gasteiger partial charge in [0, 0.05) is 18.2 Å². The third-order valence-corrected chi connectivity index (χ3v) is 5.26. The lowest BCUT2D eigenvalue weighted by molar-refractivity contribution is 0.0360. The molecule has 1 aliphatic carbocycles. The predicted molar refractivity (Wildman–Crippen MR) is 94.3 cm³/mol. The standard InChI is InChI=1S/C19H22N4O2/c1-12-14(11-21-18(20)22-12)17(24)23-15-10-19(8-4-5-9-19)25-16-7-3-2-6-13(15)16/h2-3,6-7,11,15H,4-5,8-10H2,1H3,(H,23,24)(H2,20,21,22)/t15-/m1/s1. The number of nitrogens with two attached hydrogens (primary N) is 1. The number of para-hydroxylation sites is 1. The molecule has 1 fully saturated rings. The van der Waals surface area contributed by atoms with Gasteiger partial charge in [0.2, 0.25) is 5.95 Å². The van der Waals surface area contributed by atoms with Crippen LogP contribution in [0.1, 0.15) is 59.8 Å². The molecule has 1 spiro atoms. The predicted octanol–water partition coefficient (Wildman–Crippen LogP) is 2.93. The molecule has 1 amide bonds. The molecule has 25 heavy (non-hydrogen) atoms. The van der Waals surface area contributed by atoms with Crippen LogP contribution in [0.4, 0.5) is 5.95 Å². The van der Waals surface area contributed by atoms with Crippen molar-refractivity contribution in [1.82, 2.24) is 15.3 Å². The number of carbonyl (C=O) groups excluding carboxylic acids is 1. The summed E-state index contributed by atoms with van der Waals surface area (Å²) in [6.07, 6.45) is 6.71. The fraction of sp³-hybridized carbons (Fsp3) is 0.421. The number of nitrogens with zero attached hydrogens (tertiary/aromatic N) is 2. The number of ether oxygens (including phenoxy) is 1. The molecule has 0 bridgehead atoms. The van der Waals surface area contributed by atoms with Gasteiger partial charge in [-0.2, -0.15) is 0 Å². The van der Waals surface area contributed by atoms with Crippen molar-refractivity contribution >= 4 is 11.9 Å². The number of nitrogen functional groups attached to an aromatic ring is 1. The van der Waals surface area contributed by atoms with Gasteiger partial charge in [-0.3, -0.25) is 4.79 Å². The minimum atomic E-state index is -0.174. The summed E-state index contributed by atoms with van der Waals surface area (Å²) in [4.78, 5) is 20.8. The van der Waals surface area contributed by atoms with Crippen molar-refractivity contribution in [2.24, 2.45) is 0 Å². The number of anilines is 1. The fourth-order valence-corrected chi connectivity index (χ4v) is 4.02. The van der Waals surface area contributed by atoms with Crippen LogP contribution < -0.4 is 15.8 Å². The second-order valence-electron chi connectivity index (χ2n) is 6.99. The Hall–Kier alpha value is -2.63. The minimum absolute atomic E-state index is 0.0764. The van der Waals surface area contributed by atoms with Crippen LogP contribution in [0.2, 0.25) is 0 Å². The van der Waals surface area contributed by atoms with Crippen LogP contribution in [0.15, 0.2) is 30.5 Å². The van der Waals surface area contributed by atoms with E-state index < -0.39 is 0 Å². The first-order valence-electron chi connectivity index (χ1n) is 8.74. The Morgan fingerprint density at radius 1 is 1.32 bits per heavy atom. The molecule has 0 unspecified atom stereocenters. The van der Waals surface area contributed by atoms with E-state index >= 15 is 0 Å². The van der Waals surface area contributed by atoms with E-state index in [-0.39, 0.29) is 23.5 Å². The van der Waals surface area contributed by atoms with E-state index in [0.29, 0.717) is 11.3 Å². The summed E-state index contributed by atoms with van der Waals surface area (Å²) in [5.74, 6) is 0.883. The summed E-state index contributed by atoms with van der Waals surface area (Å²) < 4.78 is 6.34. The van der Waals surface area contributed by atoms with Crippen LogP contribution in [0, 0.1) is 6.92 Å². The molecule has 2 aromatic rings. The molecule has 6 nitrogen and oxygen atoms in total. The molecule has 6 heteroatoms. The Morgan fingerprint density at radius 2 is 2.08 bits per heavy atom. The van der Waals surface area contributed by atoms with E-state index in [9.17, 15) is 4.79 Å². The highest BCUT2D eigenvalue weighted by atomic mass is 16.5. The lowest BCUT2D eigenvalue weighted by Gasteiger charge is -2.40. The van der Waals surface area contributed by atoms with Gasteiger partial charge >= 0.3 is 0 Å². The maximum atomic E-state index is 12.8. The first-order valence-corrected chi connectivity index (χ1v) is 8.74. The Bertz CT molecular complexity index is 815. The molecule has 1 aromatic carbocycles. The van der Waals surface area contributed by atoms with E-state index in [4.69, 9.17) is 10.5 Å². The Morgan fingerprint density at radius 3 is 2.84 bits per heavy atom. The van der Waals surface area contributed by atoms with Crippen LogP contribution in [0.5, 0.6) is 5.75 Å². The van der Waals surface area contributed by atoms with Crippen molar-refractivity contribution < 1.29 is 9.53 Å². The minimum Gasteiger partial charge on any atom is -0.487 e. The molecule has 130 valence electrons. The largest absolute Gasteiger partial charge is 0.487 e. The quantitative estimate of drug-likeness (QED) is 0.878. The summed E-state index contributed by atoms with van der Waals surface area (Å²) in [6.45, 7) is 1.77. The monoisotopic (exact) mass is 338 g/mol. The number of nitrogens with one attached hydrogen (secondary N) is 1. The zero-order valence-electron chi connectivity index (χ0n) is 14.3. The summed E-state index contributed by atoms with van der Waals surface area (Å²) in [5, 5.41) is 3.16. The highest BCUT2D eigenvalue weighted by Gasteiger charge is 2.43. The zero-order chi connectivity index (χ0) is 17.4. The molecule has 3 N–H and O–H groups in total. The van der Waals surface area contributed by atoms with Crippen molar-refractivity contribution in [1.29, 1.82) is 0 Å². The zero-order valence-corrected chi connectivity index (χ0v) is 14.3. The van der Waals surface area contributed by atoms with Gasteiger partial charge in [0.1, 0.15) is 11.4 Å². The normalized spacial score (nSPS) is 20.8. The number of aryl methyl sites for hydroxylation is 1. The molecule has 0 radical (unpaired) electrons. The highest BCUT2D eigenvalue weighted by molar-refractivity contribution is 5.95. The SMILES string of the molecule is Cc1nc(N)ncc1C(=O)N[C@@H]1CC2(CCCC2)Oc2ccccc21. The van der Waals surface area contributed by atoms with Crippen LogP contribution in [-0.2, 0) is 0 Å². The maximum absolute atomic E-state index is 12.8. The Kier molecular flexibility index (Phi) is 3.82. The number of carbonyl (C=O) groups is 1. The molecule has 1 aliphatic heterocycles. The van der Waals surface area contributed by atoms with Gasteiger partial charge in [-0.1, -0.05) is 18.2 Å². The number of amides is 1. The molecular formula is C19H22N4O2. The molecular weight excluding hydrogens is 316 g/mol. The van der Waals surface area contributed by atoms with Crippen molar-refractivity contribution in [2.75, 3.05) is 5.73 Å².